The molecule has 1 atom stereocenters. The third kappa shape index (κ3) is 7.47. The lowest BCUT2D eigenvalue weighted by molar-refractivity contribution is 0.0168. The summed E-state index contributed by atoms with van der Waals surface area (Å²) >= 11 is 0. The number of guanidine groups is 1. The number of aryl methyl sites for hydroxylation is 1. The molecule has 2 heterocycles. The van der Waals surface area contributed by atoms with Crippen molar-refractivity contribution in [2.75, 3.05) is 26.4 Å². The van der Waals surface area contributed by atoms with Gasteiger partial charge in [-0.15, -0.1) is 34.2 Å². The second kappa shape index (κ2) is 12.6. The first-order valence-electron chi connectivity index (χ1n) is 10.3. The average molecular weight is 506 g/mol. The molecule has 2 fully saturated rings. The summed E-state index contributed by atoms with van der Waals surface area (Å²) in [5.41, 5.74) is 0. The molecule has 2 aliphatic rings. The van der Waals surface area contributed by atoms with Gasteiger partial charge in [-0.3, -0.25) is 0 Å². The second-order valence-corrected chi connectivity index (χ2v) is 7.50. The van der Waals surface area contributed by atoms with Crippen molar-refractivity contribution >= 4 is 29.9 Å². The number of aromatic nitrogens is 3. The first-order chi connectivity index (χ1) is 13.2. The van der Waals surface area contributed by atoms with Gasteiger partial charge in [0.2, 0.25) is 0 Å². The third-order valence-electron chi connectivity index (χ3n) is 5.34. The number of hydrogen-bond acceptors (Lipinski definition) is 5. The molecule has 0 bridgehead atoms. The number of hydrogen-bond donors (Lipinski definition) is 2. The maximum Gasteiger partial charge on any atom is 0.191 e. The van der Waals surface area contributed by atoms with Crippen LogP contribution in [-0.4, -0.2) is 59.2 Å². The van der Waals surface area contributed by atoms with Gasteiger partial charge in [0.05, 0.1) is 12.7 Å². The van der Waals surface area contributed by atoms with E-state index >= 15 is 0 Å². The number of aliphatic imine (C=N–C) groups is 1. The molecule has 0 amide bonds. The number of halogens is 1. The normalized spacial score (nSPS) is 20.4. The zero-order valence-electron chi connectivity index (χ0n) is 17.2. The maximum absolute atomic E-state index is 5.73. The molecule has 3 rings (SSSR count). The zero-order valence-corrected chi connectivity index (χ0v) is 19.5. The smallest absolute Gasteiger partial charge is 0.191 e. The molecule has 1 aliphatic carbocycles. The molecular weight excluding hydrogens is 471 g/mol. The van der Waals surface area contributed by atoms with Crippen LogP contribution in [0.5, 0.6) is 0 Å². The van der Waals surface area contributed by atoms with E-state index in [9.17, 15) is 0 Å². The number of ether oxygens (including phenoxy) is 2. The fraction of sp³-hybridized carbons (Fsp3) is 0.842. The predicted octanol–water partition coefficient (Wildman–Crippen LogP) is 2.31. The van der Waals surface area contributed by atoms with E-state index in [-0.39, 0.29) is 24.0 Å². The highest BCUT2D eigenvalue weighted by atomic mass is 127. The van der Waals surface area contributed by atoms with Crippen molar-refractivity contribution in [1.29, 1.82) is 0 Å². The molecular formula is C19H35IN6O2. The van der Waals surface area contributed by atoms with Crippen LogP contribution in [0.15, 0.2) is 4.99 Å². The second-order valence-electron chi connectivity index (χ2n) is 7.50. The van der Waals surface area contributed by atoms with Gasteiger partial charge >= 0.3 is 0 Å². The number of nitrogens with zero attached hydrogens (tertiary/aromatic N) is 4. The van der Waals surface area contributed by atoms with Gasteiger partial charge in [-0.25, -0.2) is 4.99 Å². The van der Waals surface area contributed by atoms with E-state index in [1.54, 1.807) is 0 Å². The summed E-state index contributed by atoms with van der Waals surface area (Å²) < 4.78 is 13.3. The fourth-order valence-corrected chi connectivity index (χ4v) is 3.53. The molecule has 1 aromatic rings. The van der Waals surface area contributed by atoms with Crippen molar-refractivity contribution in [3.63, 3.8) is 0 Å². The molecule has 9 heteroatoms. The topological polar surface area (TPSA) is 85.6 Å². The molecule has 1 saturated carbocycles. The quantitative estimate of drug-likeness (QED) is 0.232. The largest absolute Gasteiger partial charge is 0.379 e. The molecule has 2 N–H and O–H groups in total. The van der Waals surface area contributed by atoms with Gasteiger partial charge < -0.3 is 24.7 Å². The van der Waals surface area contributed by atoms with Crippen LogP contribution in [0.25, 0.3) is 0 Å². The Hall–Kier alpha value is -0.940. The van der Waals surface area contributed by atoms with Crippen molar-refractivity contribution in [1.82, 2.24) is 25.4 Å². The summed E-state index contributed by atoms with van der Waals surface area (Å²) in [6.45, 7) is 5.65. The van der Waals surface area contributed by atoms with Crippen LogP contribution in [0.2, 0.25) is 0 Å². The molecule has 1 saturated heterocycles. The lowest BCUT2D eigenvalue weighted by Gasteiger charge is -2.17. The summed E-state index contributed by atoms with van der Waals surface area (Å²) in [5, 5.41) is 15.3. The summed E-state index contributed by atoms with van der Waals surface area (Å²) in [6, 6.07) is 0.522. The summed E-state index contributed by atoms with van der Waals surface area (Å²) in [6.07, 6.45) is 8.56. The molecule has 0 radical (unpaired) electrons. The van der Waals surface area contributed by atoms with E-state index in [2.05, 4.69) is 20.8 Å². The van der Waals surface area contributed by atoms with E-state index in [1.165, 1.54) is 25.7 Å². The number of rotatable bonds is 9. The zero-order chi connectivity index (χ0) is 18.9. The Balaban J connectivity index is 0.00000280. The Morgan fingerprint density at radius 3 is 2.75 bits per heavy atom. The van der Waals surface area contributed by atoms with E-state index in [0.29, 0.717) is 25.3 Å². The minimum absolute atomic E-state index is 0. The fourth-order valence-electron chi connectivity index (χ4n) is 3.53. The summed E-state index contributed by atoms with van der Waals surface area (Å²) in [4.78, 5) is 4.72. The van der Waals surface area contributed by atoms with Crippen LogP contribution in [-0.2, 0) is 23.1 Å². The lowest BCUT2D eigenvalue weighted by atomic mass is 10.2. The van der Waals surface area contributed by atoms with Crippen molar-refractivity contribution < 1.29 is 9.47 Å². The summed E-state index contributed by atoms with van der Waals surface area (Å²) in [7, 11) is 1.98. The molecule has 0 aromatic carbocycles. The van der Waals surface area contributed by atoms with Crippen LogP contribution in [0, 0.1) is 6.92 Å². The van der Waals surface area contributed by atoms with Crippen molar-refractivity contribution in [3.05, 3.63) is 11.6 Å². The Morgan fingerprint density at radius 1 is 1.25 bits per heavy atom. The molecule has 1 unspecified atom stereocenters. The van der Waals surface area contributed by atoms with Crippen molar-refractivity contribution in [2.45, 2.75) is 70.6 Å². The van der Waals surface area contributed by atoms with Crippen molar-refractivity contribution in [2.24, 2.45) is 12.0 Å². The first-order valence-corrected chi connectivity index (χ1v) is 10.3. The van der Waals surface area contributed by atoms with Gasteiger partial charge in [-0.2, -0.15) is 0 Å². The van der Waals surface area contributed by atoms with E-state index in [1.807, 2.05) is 18.5 Å². The van der Waals surface area contributed by atoms with Gasteiger partial charge in [0.25, 0.3) is 0 Å². The van der Waals surface area contributed by atoms with E-state index in [4.69, 9.17) is 14.5 Å². The highest BCUT2D eigenvalue weighted by molar-refractivity contribution is 14.0. The highest BCUT2D eigenvalue weighted by Gasteiger charge is 2.17. The lowest BCUT2D eigenvalue weighted by Crippen LogP contribution is -2.43. The monoisotopic (exact) mass is 506 g/mol. The Morgan fingerprint density at radius 2 is 2.07 bits per heavy atom. The van der Waals surface area contributed by atoms with Gasteiger partial charge in [-0.1, -0.05) is 12.8 Å². The van der Waals surface area contributed by atoms with Crippen LogP contribution >= 0.6 is 24.0 Å². The Labute approximate surface area is 185 Å². The third-order valence-corrected chi connectivity index (χ3v) is 5.34. The van der Waals surface area contributed by atoms with Gasteiger partial charge in [0.15, 0.2) is 11.8 Å². The van der Waals surface area contributed by atoms with Crippen LogP contribution in [0.1, 0.15) is 56.6 Å². The predicted molar refractivity (Wildman–Crippen MR) is 120 cm³/mol. The van der Waals surface area contributed by atoms with Crippen LogP contribution < -0.4 is 10.6 Å². The van der Waals surface area contributed by atoms with E-state index < -0.39 is 0 Å². The highest BCUT2D eigenvalue weighted by Crippen LogP contribution is 2.17. The van der Waals surface area contributed by atoms with Gasteiger partial charge in [-0.05, 0) is 39.0 Å². The number of nitrogens with one attached hydrogen (secondary N) is 2. The standard InChI is InChI=1S/C19H34N6O2.HI/c1-15-23-24-18(25(15)2)13-21-19(22-16-7-3-4-8-16)20-10-6-11-26-14-17-9-5-12-27-17;/h16-17H,3-14H2,1-2H3,(H2,20,21,22);1H. The molecule has 0 spiro atoms. The van der Waals surface area contributed by atoms with Gasteiger partial charge in [0, 0.05) is 32.8 Å². The van der Waals surface area contributed by atoms with Crippen LogP contribution in [0.4, 0.5) is 0 Å². The molecule has 28 heavy (non-hydrogen) atoms. The van der Waals surface area contributed by atoms with E-state index in [0.717, 1.165) is 56.6 Å². The molecule has 160 valence electrons. The summed E-state index contributed by atoms with van der Waals surface area (Å²) in [5.74, 6) is 2.64. The average Bonchev–Trinajstić information content (AvgIpc) is 3.41. The minimum atomic E-state index is 0. The SMILES string of the molecule is Cc1nnc(CN=C(NCCCOCC2CCCO2)NC2CCCC2)n1C.I. The van der Waals surface area contributed by atoms with Crippen molar-refractivity contribution in [3.8, 4) is 0 Å². The van der Waals surface area contributed by atoms with Crippen LogP contribution in [0.3, 0.4) is 0 Å². The Bertz CT molecular complexity index is 597. The molecule has 1 aliphatic heterocycles. The molecule has 8 nitrogen and oxygen atoms in total. The maximum atomic E-state index is 5.73. The van der Waals surface area contributed by atoms with Gasteiger partial charge in [0.1, 0.15) is 12.4 Å². The molecule has 1 aromatic heterocycles. The Kier molecular flexibility index (Phi) is 10.5. The first kappa shape index (κ1) is 23.3. The minimum Gasteiger partial charge on any atom is -0.379 e.